The zero-order chi connectivity index (χ0) is 8.10. The van der Waals surface area contributed by atoms with E-state index in [2.05, 4.69) is 10.1 Å². The number of methoxy groups -OCH3 is 1. The number of aromatic nitrogens is 2. The molecule has 0 amide bonds. The molecule has 0 aliphatic rings. The Kier molecular flexibility index (Phi) is 2.85. The number of hydrogen-bond donors (Lipinski definition) is 0. The van der Waals surface area contributed by atoms with E-state index in [9.17, 15) is 0 Å². The summed E-state index contributed by atoms with van der Waals surface area (Å²) in [6.45, 7) is 1.40. The molecular weight excluding hydrogens is 146 g/mol. The summed E-state index contributed by atoms with van der Waals surface area (Å²) in [6.07, 6.45) is 1.37. The van der Waals surface area contributed by atoms with Crippen molar-refractivity contribution in [2.24, 2.45) is 0 Å². The second kappa shape index (κ2) is 3.92. The molecule has 1 heterocycles. The second-order valence-electron chi connectivity index (χ2n) is 2.14. The van der Waals surface area contributed by atoms with E-state index in [4.69, 9.17) is 9.26 Å². The van der Waals surface area contributed by atoms with Gasteiger partial charge in [0.1, 0.15) is 0 Å². The zero-order valence-corrected chi connectivity index (χ0v) is 6.65. The fourth-order valence-electron chi connectivity index (χ4n) is 0.659. The molecule has 1 aromatic rings. The van der Waals surface area contributed by atoms with Crippen molar-refractivity contribution in [3.63, 3.8) is 0 Å². The van der Waals surface area contributed by atoms with Crippen LogP contribution < -0.4 is 4.90 Å². The summed E-state index contributed by atoms with van der Waals surface area (Å²) >= 11 is 0. The van der Waals surface area contributed by atoms with Crippen molar-refractivity contribution >= 4 is 6.01 Å². The van der Waals surface area contributed by atoms with E-state index in [1.807, 2.05) is 11.9 Å². The van der Waals surface area contributed by atoms with Crippen LogP contribution in [0.15, 0.2) is 10.9 Å². The van der Waals surface area contributed by atoms with Crippen LogP contribution in [0.1, 0.15) is 0 Å². The molecule has 0 unspecified atom stereocenters. The van der Waals surface area contributed by atoms with E-state index in [1.54, 1.807) is 7.11 Å². The van der Waals surface area contributed by atoms with Gasteiger partial charge in [-0.15, -0.1) is 0 Å². The highest BCUT2D eigenvalue weighted by Crippen LogP contribution is 2.03. The normalized spacial score (nSPS) is 10.0. The van der Waals surface area contributed by atoms with Crippen LogP contribution in [0.5, 0.6) is 0 Å². The van der Waals surface area contributed by atoms with Crippen LogP contribution >= 0.6 is 0 Å². The zero-order valence-electron chi connectivity index (χ0n) is 6.65. The molecule has 0 fully saturated rings. The predicted octanol–water partition coefficient (Wildman–Crippen LogP) is 0.152. The fourth-order valence-corrected chi connectivity index (χ4v) is 0.659. The highest BCUT2D eigenvalue weighted by atomic mass is 16.5. The molecule has 0 aliphatic carbocycles. The summed E-state index contributed by atoms with van der Waals surface area (Å²) in [4.78, 5) is 5.69. The maximum atomic E-state index is 4.88. The quantitative estimate of drug-likeness (QED) is 0.622. The first-order chi connectivity index (χ1) is 5.34. The average molecular weight is 157 g/mol. The van der Waals surface area contributed by atoms with Gasteiger partial charge in [0.05, 0.1) is 6.61 Å². The molecule has 5 heteroatoms. The third kappa shape index (κ3) is 2.19. The van der Waals surface area contributed by atoms with E-state index in [1.165, 1.54) is 6.33 Å². The molecule has 0 bridgehead atoms. The summed E-state index contributed by atoms with van der Waals surface area (Å²) in [6, 6.07) is 0.516. The number of anilines is 1. The van der Waals surface area contributed by atoms with E-state index >= 15 is 0 Å². The van der Waals surface area contributed by atoms with Crippen LogP contribution in [0.3, 0.4) is 0 Å². The van der Waals surface area contributed by atoms with Crippen molar-refractivity contribution in [2.45, 2.75) is 0 Å². The van der Waals surface area contributed by atoms with Gasteiger partial charge in [0.25, 0.3) is 0 Å². The first-order valence-electron chi connectivity index (χ1n) is 3.31. The van der Waals surface area contributed by atoms with Gasteiger partial charge in [-0.1, -0.05) is 5.16 Å². The van der Waals surface area contributed by atoms with E-state index in [0.29, 0.717) is 12.6 Å². The van der Waals surface area contributed by atoms with Gasteiger partial charge in [-0.25, -0.2) is 0 Å². The minimum Gasteiger partial charge on any atom is -0.383 e. The Hall–Kier alpha value is -1.10. The Labute approximate surface area is 64.9 Å². The first kappa shape index (κ1) is 8.00. The SMILES string of the molecule is COCCN(C)c1ncno1. The van der Waals surface area contributed by atoms with Gasteiger partial charge in [0, 0.05) is 20.7 Å². The Morgan fingerprint density at radius 3 is 3.09 bits per heavy atom. The molecule has 62 valence electrons. The van der Waals surface area contributed by atoms with Gasteiger partial charge in [0.15, 0.2) is 6.33 Å². The lowest BCUT2D eigenvalue weighted by atomic mass is 10.6. The molecule has 5 nitrogen and oxygen atoms in total. The number of rotatable bonds is 4. The van der Waals surface area contributed by atoms with Crippen molar-refractivity contribution in [3.8, 4) is 0 Å². The smallest absolute Gasteiger partial charge is 0.323 e. The maximum Gasteiger partial charge on any atom is 0.323 e. The van der Waals surface area contributed by atoms with Crippen molar-refractivity contribution in [2.75, 3.05) is 32.2 Å². The van der Waals surface area contributed by atoms with Gasteiger partial charge < -0.3 is 14.2 Å². The fraction of sp³-hybridized carbons (Fsp3) is 0.667. The van der Waals surface area contributed by atoms with Crippen molar-refractivity contribution < 1.29 is 9.26 Å². The Morgan fingerprint density at radius 2 is 2.55 bits per heavy atom. The molecule has 0 spiro atoms. The second-order valence-corrected chi connectivity index (χ2v) is 2.14. The van der Waals surface area contributed by atoms with Crippen LogP contribution in [0, 0.1) is 0 Å². The molecule has 0 radical (unpaired) electrons. The lowest BCUT2D eigenvalue weighted by Gasteiger charge is -2.11. The number of likely N-dealkylation sites (N-methyl/N-ethyl adjacent to an activating group) is 1. The van der Waals surface area contributed by atoms with Gasteiger partial charge >= 0.3 is 6.01 Å². The minimum atomic E-state index is 0.516. The molecular formula is C6H11N3O2. The van der Waals surface area contributed by atoms with Crippen LogP contribution in [0.4, 0.5) is 6.01 Å². The lowest BCUT2D eigenvalue weighted by Crippen LogP contribution is -2.22. The minimum absolute atomic E-state index is 0.516. The summed E-state index contributed by atoms with van der Waals surface area (Å²) in [5, 5.41) is 3.48. The standard InChI is InChI=1S/C6H11N3O2/c1-9(3-4-10-2)6-7-5-8-11-6/h5H,3-4H2,1-2H3. The predicted molar refractivity (Wildman–Crippen MR) is 39.4 cm³/mol. The van der Waals surface area contributed by atoms with Gasteiger partial charge in [-0.3, -0.25) is 0 Å². The largest absolute Gasteiger partial charge is 0.383 e. The molecule has 0 aliphatic heterocycles. The van der Waals surface area contributed by atoms with E-state index in [-0.39, 0.29) is 0 Å². The molecule has 0 N–H and O–H groups in total. The summed E-state index contributed by atoms with van der Waals surface area (Å²) in [5.41, 5.74) is 0. The topological polar surface area (TPSA) is 51.4 Å². The molecule has 0 saturated carbocycles. The summed E-state index contributed by atoms with van der Waals surface area (Å²) < 4.78 is 9.68. The van der Waals surface area contributed by atoms with Crippen molar-refractivity contribution in [3.05, 3.63) is 6.33 Å². The molecule has 1 aromatic heterocycles. The third-order valence-corrected chi connectivity index (χ3v) is 1.31. The average Bonchev–Trinajstić information content (AvgIpc) is 2.52. The van der Waals surface area contributed by atoms with Gasteiger partial charge in [-0.05, 0) is 0 Å². The monoisotopic (exact) mass is 157 g/mol. The van der Waals surface area contributed by atoms with E-state index in [0.717, 1.165) is 6.54 Å². The Balaban J connectivity index is 2.36. The van der Waals surface area contributed by atoms with Crippen LogP contribution in [0.25, 0.3) is 0 Å². The molecule has 1 rings (SSSR count). The van der Waals surface area contributed by atoms with Gasteiger partial charge in [0.2, 0.25) is 0 Å². The number of nitrogens with zero attached hydrogens (tertiary/aromatic N) is 3. The lowest BCUT2D eigenvalue weighted by molar-refractivity contribution is 0.204. The Bertz CT molecular complexity index is 188. The highest BCUT2D eigenvalue weighted by Gasteiger charge is 2.04. The molecule has 11 heavy (non-hydrogen) atoms. The van der Waals surface area contributed by atoms with Crippen molar-refractivity contribution in [1.82, 2.24) is 10.1 Å². The Morgan fingerprint density at radius 1 is 1.73 bits per heavy atom. The molecule has 0 saturated heterocycles. The summed E-state index contributed by atoms with van der Waals surface area (Å²) in [5.74, 6) is 0. The molecule has 0 atom stereocenters. The molecule has 0 aromatic carbocycles. The highest BCUT2D eigenvalue weighted by molar-refractivity contribution is 5.20. The number of ether oxygens (including phenoxy) is 1. The number of hydrogen-bond acceptors (Lipinski definition) is 5. The maximum absolute atomic E-state index is 4.88. The van der Waals surface area contributed by atoms with Crippen LogP contribution in [-0.4, -0.2) is 37.4 Å². The van der Waals surface area contributed by atoms with Crippen LogP contribution in [0.2, 0.25) is 0 Å². The summed E-state index contributed by atoms with van der Waals surface area (Å²) in [7, 11) is 3.52. The third-order valence-electron chi connectivity index (χ3n) is 1.31. The van der Waals surface area contributed by atoms with Crippen molar-refractivity contribution in [1.29, 1.82) is 0 Å². The van der Waals surface area contributed by atoms with Crippen LogP contribution in [-0.2, 0) is 4.74 Å². The van der Waals surface area contributed by atoms with Gasteiger partial charge in [-0.2, -0.15) is 4.98 Å². The first-order valence-corrected chi connectivity index (χ1v) is 3.31. The van der Waals surface area contributed by atoms with E-state index < -0.39 is 0 Å².